The molecule has 246 valence electrons. The molecule has 0 aromatic carbocycles. The summed E-state index contributed by atoms with van der Waals surface area (Å²) in [5.74, 6) is -2.41. The Morgan fingerprint density at radius 3 is 1.83 bits per heavy atom. The first-order chi connectivity index (χ1) is 20.1. The van der Waals surface area contributed by atoms with Gasteiger partial charge in [-0.2, -0.15) is 0 Å². The highest BCUT2D eigenvalue weighted by molar-refractivity contribution is 7.47. The molecule has 0 aliphatic carbocycles. The number of aliphatic carboxylic acids is 1. The quantitative estimate of drug-likeness (QED) is 0.0326. The minimum atomic E-state index is -4.73. The first-order valence-electron chi connectivity index (χ1n) is 15.7. The number of phosphoric acid groups is 1. The van der Waals surface area contributed by atoms with Crippen molar-refractivity contribution in [3.63, 3.8) is 0 Å². The predicted octanol–water partition coefficient (Wildman–Crippen LogP) is 6.21. The molecule has 42 heavy (non-hydrogen) atoms. The highest BCUT2D eigenvalue weighted by Crippen LogP contribution is 2.43. The number of carbonyl (C=O) groups is 3. The number of esters is 1. The predicted molar refractivity (Wildman–Crippen MR) is 162 cm³/mol. The lowest BCUT2D eigenvalue weighted by Crippen LogP contribution is -2.43. The van der Waals surface area contributed by atoms with Crippen LogP contribution >= 0.6 is 7.82 Å². The van der Waals surface area contributed by atoms with Gasteiger partial charge in [-0.25, -0.2) is 9.36 Å². The summed E-state index contributed by atoms with van der Waals surface area (Å²) in [6.45, 7) is 2.36. The molecule has 0 saturated heterocycles. The first-order valence-corrected chi connectivity index (χ1v) is 17.2. The van der Waals surface area contributed by atoms with E-state index in [0.717, 1.165) is 57.8 Å². The van der Waals surface area contributed by atoms with Gasteiger partial charge in [0.15, 0.2) is 6.04 Å². The average molecular weight is 622 g/mol. The molecule has 0 aromatic heterocycles. The van der Waals surface area contributed by atoms with Gasteiger partial charge in [0.1, 0.15) is 12.7 Å². The lowest BCUT2D eigenvalue weighted by molar-refractivity contribution is -0.147. The van der Waals surface area contributed by atoms with Gasteiger partial charge in [0.05, 0.1) is 13.2 Å². The van der Waals surface area contributed by atoms with E-state index in [0.29, 0.717) is 12.8 Å². The fraction of sp³-hybridized carbons (Fsp3) is 0.833. The van der Waals surface area contributed by atoms with Crippen LogP contribution in [-0.2, 0) is 32.7 Å². The van der Waals surface area contributed by atoms with Gasteiger partial charge in [0.25, 0.3) is 0 Å². The molecule has 12 heteroatoms. The van der Waals surface area contributed by atoms with E-state index >= 15 is 0 Å². The van der Waals surface area contributed by atoms with Crippen LogP contribution in [0, 0.1) is 0 Å². The molecule has 0 aliphatic heterocycles. The second-order valence-corrected chi connectivity index (χ2v) is 12.1. The maximum absolute atomic E-state index is 12.1. The summed E-state index contributed by atoms with van der Waals surface area (Å²) in [5.41, 5.74) is 0. The zero-order valence-electron chi connectivity index (χ0n) is 25.8. The highest BCUT2D eigenvalue weighted by atomic mass is 31.2. The summed E-state index contributed by atoms with van der Waals surface area (Å²) >= 11 is 0. The molecule has 0 heterocycles. The second kappa shape index (κ2) is 26.8. The molecule has 0 radical (unpaired) electrons. The van der Waals surface area contributed by atoms with E-state index in [1.54, 1.807) is 0 Å². The minimum Gasteiger partial charge on any atom is -0.480 e. The zero-order valence-corrected chi connectivity index (χ0v) is 26.7. The molecule has 0 rings (SSSR count). The Labute approximate surface area is 252 Å². The van der Waals surface area contributed by atoms with Gasteiger partial charge in [-0.15, -0.1) is 0 Å². The average Bonchev–Trinajstić information content (AvgIpc) is 2.95. The van der Waals surface area contributed by atoms with Crippen LogP contribution in [0.25, 0.3) is 0 Å². The van der Waals surface area contributed by atoms with Crippen molar-refractivity contribution in [3.05, 3.63) is 12.2 Å². The number of amides is 1. The Kier molecular flexibility index (Phi) is 25.7. The van der Waals surface area contributed by atoms with Crippen molar-refractivity contribution in [2.75, 3.05) is 19.8 Å². The summed E-state index contributed by atoms with van der Waals surface area (Å²) in [6.07, 6.45) is 20.5. The maximum atomic E-state index is 12.1. The van der Waals surface area contributed by atoms with Crippen molar-refractivity contribution >= 4 is 25.7 Å². The summed E-state index contributed by atoms with van der Waals surface area (Å²) in [6, 6.07) is -1.54. The standard InChI is InChI=1S/C30H56NO10P/c1-3-5-7-9-10-11-12-13-14-15-16-17-18-20-22-29(34)39-23-26(32)24-40-42(37,38)41-25-27(30(35)36)31-28(33)21-19-8-6-4-2/h12-13,26-27,32H,3-11,14-25H2,1-2H3,(H,31,33)(H,35,36)(H,37,38)/b13-12-. The number of hydrogen-bond donors (Lipinski definition) is 4. The third-order valence-corrected chi connectivity index (χ3v) is 7.51. The number of ether oxygens (including phenoxy) is 1. The molecule has 1 amide bonds. The summed E-state index contributed by atoms with van der Waals surface area (Å²) in [7, 11) is -4.73. The molecule has 0 spiro atoms. The van der Waals surface area contributed by atoms with Crippen molar-refractivity contribution in [2.24, 2.45) is 0 Å². The number of aliphatic hydroxyl groups is 1. The van der Waals surface area contributed by atoms with Crippen molar-refractivity contribution in [1.29, 1.82) is 0 Å². The number of hydrogen-bond acceptors (Lipinski definition) is 8. The van der Waals surface area contributed by atoms with Gasteiger partial charge in [-0.3, -0.25) is 18.6 Å². The normalized spacial score (nSPS) is 14.4. The Hall–Kier alpha value is -1.78. The van der Waals surface area contributed by atoms with Crippen LogP contribution in [0.15, 0.2) is 12.2 Å². The smallest absolute Gasteiger partial charge is 0.472 e. The number of allylic oxidation sites excluding steroid dienone is 2. The monoisotopic (exact) mass is 621 g/mol. The van der Waals surface area contributed by atoms with Crippen LogP contribution < -0.4 is 5.32 Å². The molecule has 0 aliphatic rings. The van der Waals surface area contributed by atoms with Gasteiger partial charge >= 0.3 is 19.8 Å². The lowest BCUT2D eigenvalue weighted by atomic mass is 10.1. The number of unbranched alkanes of at least 4 members (excludes halogenated alkanes) is 13. The van der Waals surface area contributed by atoms with Crippen LogP contribution in [0.3, 0.4) is 0 Å². The Bertz CT molecular complexity index is 792. The molecular weight excluding hydrogens is 565 g/mol. The van der Waals surface area contributed by atoms with E-state index in [2.05, 4.69) is 33.4 Å². The van der Waals surface area contributed by atoms with E-state index in [9.17, 15) is 34.1 Å². The molecule has 0 saturated carbocycles. The minimum absolute atomic E-state index is 0.138. The van der Waals surface area contributed by atoms with Crippen molar-refractivity contribution < 1.29 is 47.8 Å². The Balaban J connectivity index is 3.95. The Morgan fingerprint density at radius 1 is 0.738 bits per heavy atom. The SMILES string of the molecule is CCCCCCC/C=C\CCCCCCCC(=O)OCC(O)COP(=O)(O)OCC(NC(=O)CCCCCC)C(=O)O. The lowest BCUT2D eigenvalue weighted by Gasteiger charge is -2.18. The van der Waals surface area contributed by atoms with Gasteiger partial charge in [0, 0.05) is 12.8 Å². The molecule has 0 aromatic rings. The molecule has 0 bridgehead atoms. The molecular formula is C30H56NO10P. The third kappa shape index (κ3) is 25.9. The molecule has 3 unspecified atom stereocenters. The largest absolute Gasteiger partial charge is 0.480 e. The zero-order chi connectivity index (χ0) is 31.5. The number of phosphoric ester groups is 1. The van der Waals surface area contributed by atoms with Gasteiger partial charge in [-0.1, -0.05) is 90.2 Å². The van der Waals surface area contributed by atoms with Gasteiger partial charge < -0.3 is 25.2 Å². The summed E-state index contributed by atoms with van der Waals surface area (Å²) in [4.78, 5) is 45.0. The fourth-order valence-electron chi connectivity index (χ4n) is 4.01. The molecule has 3 atom stereocenters. The summed E-state index contributed by atoms with van der Waals surface area (Å²) < 4.78 is 26.4. The number of carboxylic acids is 1. The molecule has 11 nitrogen and oxygen atoms in total. The van der Waals surface area contributed by atoms with Crippen LogP contribution in [-0.4, -0.2) is 64.9 Å². The number of carboxylic acid groups (broad SMARTS) is 1. The van der Waals surface area contributed by atoms with Crippen LogP contribution in [0.2, 0.25) is 0 Å². The van der Waals surface area contributed by atoms with Crippen LogP contribution in [0.5, 0.6) is 0 Å². The van der Waals surface area contributed by atoms with E-state index in [-0.39, 0.29) is 12.8 Å². The number of rotatable bonds is 29. The number of carbonyl (C=O) groups excluding carboxylic acids is 2. The van der Waals surface area contributed by atoms with E-state index in [1.807, 2.05) is 6.92 Å². The maximum Gasteiger partial charge on any atom is 0.472 e. The highest BCUT2D eigenvalue weighted by Gasteiger charge is 2.28. The first kappa shape index (κ1) is 40.2. The van der Waals surface area contributed by atoms with Crippen LogP contribution in [0.4, 0.5) is 0 Å². The number of nitrogens with one attached hydrogen (secondary N) is 1. The van der Waals surface area contributed by atoms with Crippen molar-refractivity contribution in [3.8, 4) is 0 Å². The van der Waals surface area contributed by atoms with Crippen LogP contribution in [0.1, 0.15) is 129 Å². The van der Waals surface area contributed by atoms with Crippen molar-refractivity contribution in [1.82, 2.24) is 5.32 Å². The summed E-state index contributed by atoms with van der Waals surface area (Å²) in [5, 5.41) is 21.4. The van der Waals surface area contributed by atoms with E-state index in [1.165, 1.54) is 32.1 Å². The second-order valence-electron chi connectivity index (χ2n) is 10.6. The van der Waals surface area contributed by atoms with Gasteiger partial charge in [-0.05, 0) is 38.5 Å². The van der Waals surface area contributed by atoms with E-state index in [4.69, 9.17) is 4.74 Å². The topological polar surface area (TPSA) is 169 Å². The third-order valence-electron chi connectivity index (χ3n) is 6.55. The molecule has 4 N–H and O–H groups in total. The fourth-order valence-corrected chi connectivity index (χ4v) is 4.78. The van der Waals surface area contributed by atoms with Gasteiger partial charge in [0.2, 0.25) is 5.91 Å². The Morgan fingerprint density at radius 2 is 1.24 bits per heavy atom. The van der Waals surface area contributed by atoms with E-state index < -0.39 is 57.6 Å². The van der Waals surface area contributed by atoms with Crippen molar-refractivity contribution in [2.45, 2.75) is 142 Å². The number of aliphatic hydroxyl groups excluding tert-OH is 1. The molecule has 0 fully saturated rings.